The second-order valence-corrected chi connectivity index (χ2v) is 6.52. The molecule has 2 N–H and O–H groups in total. The van der Waals surface area contributed by atoms with E-state index in [1.165, 1.54) is 24.3 Å². The van der Waals surface area contributed by atoms with Gasteiger partial charge in [0.15, 0.2) is 0 Å². The summed E-state index contributed by atoms with van der Waals surface area (Å²) in [5.74, 6) is -0.706. The van der Waals surface area contributed by atoms with Crippen molar-refractivity contribution in [2.75, 3.05) is 0 Å². The van der Waals surface area contributed by atoms with Gasteiger partial charge in [0.05, 0.1) is 0 Å². The number of halogens is 2. The lowest BCUT2D eigenvalue weighted by Gasteiger charge is -2.20. The van der Waals surface area contributed by atoms with Crippen LogP contribution in [0.4, 0.5) is 8.78 Å². The summed E-state index contributed by atoms with van der Waals surface area (Å²) >= 11 is 0. The third-order valence-electron chi connectivity index (χ3n) is 4.94. The Kier molecular flexibility index (Phi) is 6.46. The lowest BCUT2D eigenvalue weighted by molar-refractivity contribution is 0.212. The van der Waals surface area contributed by atoms with Gasteiger partial charge in [-0.2, -0.15) is 0 Å². The predicted octanol–water partition coefficient (Wildman–Crippen LogP) is 5.40. The molecule has 2 nitrogen and oxygen atoms in total. The average Bonchev–Trinajstić information content (AvgIpc) is 2.65. The van der Waals surface area contributed by atoms with Gasteiger partial charge in [0.1, 0.15) is 23.8 Å². The molecular formula is C22H24F2O2. The van der Waals surface area contributed by atoms with Crippen LogP contribution in [0.15, 0.2) is 70.8 Å². The van der Waals surface area contributed by atoms with Crippen molar-refractivity contribution in [3.8, 4) is 0 Å². The maximum atomic E-state index is 13.1. The fraction of sp³-hybridized carbons (Fsp3) is 0.273. The largest absolute Gasteiger partial charge is 0.384 e. The highest BCUT2D eigenvalue weighted by molar-refractivity contribution is 5.41. The molecule has 0 aliphatic carbocycles. The van der Waals surface area contributed by atoms with Gasteiger partial charge in [-0.15, -0.1) is 0 Å². The summed E-state index contributed by atoms with van der Waals surface area (Å²) in [6, 6.07) is 11.5. The van der Waals surface area contributed by atoms with E-state index in [4.69, 9.17) is 0 Å². The highest BCUT2D eigenvalue weighted by Gasteiger charge is 2.17. The monoisotopic (exact) mass is 358 g/mol. The molecular weight excluding hydrogens is 334 g/mol. The van der Waals surface area contributed by atoms with E-state index in [1.54, 1.807) is 24.3 Å². The molecule has 0 spiro atoms. The fourth-order valence-corrected chi connectivity index (χ4v) is 2.79. The lowest BCUT2D eigenvalue weighted by atomic mass is 9.90. The Morgan fingerprint density at radius 2 is 0.885 bits per heavy atom. The molecule has 2 aromatic rings. The molecule has 138 valence electrons. The van der Waals surface area contributed by atoms with E-state index in [0.29, 0.717) is 11.1 Å². The van der Waals surface area contributed by atoms with E-state index in [-0.39, 0.29) is 11.6 Å². The molecule has 0 aromatic heterocycles. The second-order valence-electron chi connectivity index (χ2n) is 6.52. The topological polar surface area (TPSA) is 40.5 Å². The standard InChI is InChI=1S/C22H24F2O2/c1-13(15(3)21(25)17-5-9-19(23)10-6-17)14(2)16(4)22(26)18-7-11-20(24)12-8-18/h5-12,21-22,25-26H,1-4H3/b15-13+,16-14+. The molecule has 0 heterocycles. The molecule has 4 heteroatoms. The van der Waals surface area contributed by atoms with E-state index >= 15 is 0 Å². The zero-order chi connectivity index (χ0) is 19.4. The first kappa shape index (κ1) is 20.0. The summed E-state index contributed by atoms with van der Waals surface area (Å²) in [4.78, 5) is 0. The van der Waals surface area contributed by atoms with Crippen molar-refractivity contribution in [3.05, 3.63) is 93.6 Å². The molecule has 2 aromatic carbocycles. The molecule has 0 saturated heterocycles. The van der Waals surface area contributed by atoms with Crippen LogP contribution in [-0.4, -0.2) is 10.2 Å². The molecule has 0 aliphatic heterocycles. The Labute approximate surface area is 153 Å². The number of aliphatic hydroxyl groups excluding tert-OH is 2. The molecule has 26 heavy (non-hydrogen) atoms. The lowest BCUT2D eigenvalue weighted by Crippen LogP contribution is -2.06. The van der Waals surface area contributed by atoms with Crippen molar-refractivity contribution in [3.63, 3.8) is 0 Å². The molecule has 0 fully saturated rings. The van der Waals surface area contributed by atoms with E-state index < -0.39 is 12.2 Å². The first-order valence-corrected chi connectivity index (χ1v) is 8.44. The normalized spacial score (nSPS) is 15.8. The minimum atomic E-state index is -0.860. The first-order valence-electron chi connectivity index (χ1n) is 8.44. The molecule has 0 bridgehead atoms. The third kappa shape index (κ3) is 4.45. The Morgan fingerprint density at radius 1 is 0.615 bits per heavy atom. The number of allylic oxidation sites excluding steroid dienone is 2. The summed E-state index contributed by atoms with van der Waals surface area (Å²) in [6.45, 7) is 7.37. The smallest absolute Gasteiger partial charge is 0.123 e. The van der Waals surface area contributed by atoms with Gasteiger partial charge in [-0.25, -0.2) is 8.78 Å². The predicted molar refractivity (Wildman–Crippen MR) is 99.5 cm³/mol. The number of aliphatic hydroxyl groups is 2. The zero-order valence-electron chi connectivity index (χ0n) is 15.4. The summed E-state index contributed by atoms with van der Waals surface area (Å²) in [6.07, 6.45) is -1.72. The van der Waals surface area contributed by atoms with Gasteiger partial charge >= 0.3 is 0 Å². The molecule has 2 unspecified atom stereocenters. The summed E-state index contributed by atoms with van der Waals surface area (Å²) in [5, 5.41) is 21.1. The zero-order valence-corrected chi connectivity index (χ0v) is 15.4. The second kappa shape index (κ2) is 8.39. The van der Waals surface area contributed by atoms with E-state index in [0.717, 1.165) is 22.3 Å². The van der Waals surface area contributed by atoms with Gasteiger partial charge in [-0.1, -0.05) is 24.3 Å². The Hall–Kier alpha value is -2.30. The van der Waals surface area contributed by atoms with Crippen LogP contribution in [0.3, 0.4) is 0 Å². The summed E-state index contributed by atoms with van der Waals surface area (Å²) in [5.41, 5.74) is 4.35. The number of hydrogen-bond acceptors (Lipinski definition) is 2. The van der Waals surface area contributed by atoms with E-state index in [2.05, 4.69) is 0 Å². The highest BCUT2D eigenvalue weighted by Crippen LogP contribution is 2.31. The van der Waals surface area contributed by atoms with E-state index in [1.807, 2.05) is 27.7 Å². The first-order chi connectivity index (χ1) is 12.2. The van der Waals surface area contributed by atoms with Crippen molar-refractivity contribution in [2.24, 2.45) is 0 Å². The van der Waals surface area contributed by atoms with Crippen molar-refractivity contribution in [1.29, 1.82) is 0 Å². The fourth-order valence-electron chi connectivity index (χ4n) is 2.79. The molecule has 0 saturated carbocycles. The molecule has 2 atom stereocenters. The van der Waals surface area contributed by atoms with Crippen LogP contribution in [0, 0.1) is 11.6 Å². The molecule has 2 rings (SSSR count). The van der Waals surface area contributed by atoms with Crippen LogP contribution >= 0.6 is 0 Å². The maximum Gasteiger partial charge on any atom is 0.123 e. The molecule has 0 aliphatic rings. The number of rotatable bonds is 5. The molecule has 0 amide bonds. The Balaban J connectivity index is 2.33. The highest BCUT2D eigenvalue weighted by atomic mass is 19.1. The maximum absolute atomic E-state index is 13.1. The minimum absolute atomic E-state index is 0.353. The summed E-state index contributed by atoms with van der Waals surface area (Å²) in [7, 11) is 0. The van der Waals surface area contributed by atoms with Gasteiger partial charge in [0.25, 0.3) is 0 Å². The van der Waals surface area contributed by atoms with Crippen molar-refractivity contribution < 1.29 is 19.0 Å². The van der Waals surface area contributed by atoms with Crippen LogP contribution in [0.5, 0.6) is 0 Å². The van der Waals surface area contributed by atoms with Gasteiger partial charge < -0.3 is 10.2 Å². The number of hydrogen-bond donors (Lipinski definition) is 2. The molecule has 0 radical (unpaired) electrons. The summed E-state index contributed by atoms with van der Waals surface area (Å²) < 4.78 is 26.1. The van der Waals surface area contributed by atoms with Crippen LogP contribution < -0.4 is 0 Å². The Bertz CT molecular complexity index is 747. The Morgan fingerprint density at radius 3 is 1.15 bits per heavy atom. The van der Waals surface area contributed by atoms with Crippen LogP contribution in [0.1, 0.15) is 51.0 Å². The minimum Gasteiger partial charge on any atom is -0.384 e. The number of benzene rings is 2. The van der Waals surface area contributed by atoms with Gasteiger partial charge in [-0.05, 0) is 85.4 Å². The van der Waals surface area contributed by atoms with Crippen LogP contribution in [-0.2, 0) is 0 Å². The van der Waals surface area contributed by atoms with Crippen LogP contribution in [0.25, 0.3) is 0 Å². The third-order valence-corrected chi connectivity index (χ3v) is 4.94. The van der Waals surface area contributed by atoms with E-state index in [9.17, 15) is 19.0 Å². The SMILES string of the molecule is CC(/C(C)=C(\C)C(O)c1ccc(F)cc1)=C(/C)C(O)c1ccc(F)cc1. The van der Waals surface area contributed by atoms with Gasteiger partial charge in [0.2, 0.25) is 0 Å². The quantitative estimate of drug-likeness (QED) is 0.702. The van der Waals surface area contributed by atoms with Crippen molar-refractivity contribution >= 4 is 0 Å². The van der Waals surface area contributed by atoms with Crippen LogP contribution in [0.2, 0.25) is 0 Å². The van der Waals surface area contributed by atoms with Gasteiger partial charge in [-0.3, -0.25) is 0 Å². The van der Waals surface area contributed by atoms with Crippen molar-refractivity contribution in [1.82, 2.24) is 0 Å². The van der Waals surface area contributed by atoms with Gasteiger partial charge in [0, 0.05) is 0 Å². The average molecular weight is 358 g/mol. The van der Waals surface area contributed by atoms with Crippen molar-refractivity contribution in [2.45, 2.75) is 39.9 Å².